The number of benzene rings is 1. The van der Waals surface area contributed by atoms with Crippen LogP contribution in [-0.4, -0.2) is 24.3 Å². The third-order valence-electron chi connectivity index (χ3n) is 3.27. The predicted octanol–water partition coefficient (Wildman–Crippen LogP) is 1.58. The van der Waals surface area contributed by atoms with Crippen molar-refractivity contribution in [1.29, 1.82) is 0 Å². The van der Waals surface area contributed by atoms with Crippen molar-refractivity contribution in [2.75, 3.05) is 4.90 Å². The van der Waals surface area contributed by atoms with E-state index in [9.17, 15) is 18.5 Å². The van der Waals surface area contributed by atoms with Gasteiger partial charge in [-0.05, 0) is 12.1 Å². The Morgan fingerprint density at radius 2 is 2.05 bits per heavy atom. The van der Waals surface area contributed by atoms with E-state index in [4.69, 9.17) is 4.74 Å². The van der Waals surface area contributed by atoms with Crippen molar-refractivity contribution in [3.05, 3.63) is 46.8 Å². The van der Waals surface area contributed by atoms with Gasteiger partial charge in [-0.3, -0.25) is 20.0 Å². The number of anilines is 2. The number of hydrogen-bond donors (Lipinski definition) is 0. The Labute approximate surface area is 123 Å². The average Bonchev–Trinajstić information content (AvgIpc) is 2.83. The zero-order valence-electron chi connectivity index (χ0n) is 10.7. The lowest BCUT2D eigenvalue weighted by Gasteiger charge is -2.22. The van der Waals surface area contributed by atoms with E-state index in [-0.39, 0.29) is 16.6 Å². The molecule has 0 aliphatic carbocycles. The topological polar surface area (TPSA) is 115 Å². The van der Waals surface area contributed by atoms with E-state index in [0.29, 0.717) is 17.1 Å². The number of rotatable bonds is 1. The van der Waals surface area contributed by atoms with Crippen LogP contribution in [0.2, 0.25) is 0 Å². The van der Waals surface area contributed by atoms with E-state index in [1.807, 2.05) is 0 Å². The highest BCUT2D eigenvalue weighted by molar-refractivity contribution is 7.90. The number of amidine groups is 1. The van der Waals surface area contributed by atoms with Crippen LogP contribution >= 0.6 is 0 Å². The minimum Gasteiger partial charge on any atom is -0.422 e. The number of pyridine rings is 1. The minimum absolute atomic E-state index is 0.0818. The van der Waals surface area contributed by atoms with Gasteiger partial charge in [0.1, 0.15) is 10.6 Å². The normalized spacial score (nSPS) is 16.9. The first-order chi connectivity index (χ1) is 10.5. The lowest BCUT2D eigenvalue weighted by atomic mass is 10.2. The summed E-state index contributed by atoms with van der Waals surface area (Å²) >= 11 is 0. The lowest BCUT2D eigenvalue weighted by molar-refractivity contribution is -0.384. The number of non-ortho nitro benzene ring substituents is 1. The van der Waals surface area contributed by atoms with Gasteiger partial charge in [-0.25, -0.2) is 0 Å². The summed E-state index contributed by atoms with van der Waals surface area (Å²) in [6, 6.07) is 5.31. The minimum atomic E-state index is -3.92. The number of aromatic nitrogens is 1. The molecule has 0 saturated carbocycles. The summed E-state index contributed by atoms with van der Waals surface area (Å²) < 4.78 is 33.2. The van der Waals surface area contributed by atoms with Gasteiger partial charge < -0.3 is 4.74 Å². The molecule has 1 aromatic carbocycles. The summed E-state index contributed by atoms with van der Waals surface area (Å²) in [5.74, 6) is 0.296. The summed E-state index contributed by atoms with van der Waals surface area (Å²) in [4.78, 5) is 15.5. The fraction of sp³-hybridized carbons (Fsp3) is 0. The van der Waals surface area contributed by atoms with E-state index < -0.39 is 14.9 Å². The second-order valence-electron chi connectivity index (χ2n) is 4.54. The largest absolute Gasteiger partial charge is 0.422 e. The fourth-order valence-corrected chi connectivity index (χ4v) is 3.37. The summed E-state index contributed by atoms with van der Waals surface area (Å²) in [5.41, 5.74) is 0.516. The van der Waals surface area contributed by atoms with E-state index in [1.54, 1.807) is 0 Å². The monoisotopic (exact) mass is 318 g/mol. The molecule has 0 spiro atoms. The Morgan fingerprint density at radius 3 is 2.82 bits per heavy atom. The molecule has 0 radical (unpaired) electrons. The molecule has 2 aliphatic rings. The predicted molar refractivity (Wildman–Crippen MR) is 74.7 cm³/mol. The van der Waals surface area contributed by atoms with Gasteiger partial charge in [0.2, 0.25) is 0 Å². The van der Waals surface area contributed by atoms with Crippen molar-refractivity contribution in [1.82, 2.24) is 4.98 Å². The molecule has 2 aromatic rings. The van der Waals surface area contributed by atoms with Gasteiger partial charge >= 0.3 is 6.02 Å². The Morgan fingerprint density at radius 1 is 1.23 bits per heavy atom. The van der Waals surface area contributed by atoms with Crippen LogP contribution in [0.1, 0.15) is 0 Å². The second kappa shape index (κ2) is 4.01. The van der Waals surface area contributed by atoms with Crippen molar-refractivity contribution in [3.8, 4) is 5.75 Å². The maximum atomic E-state index is 12.1. The summed E-state index contributed by atoms with van der Waals surface area (Å²) in [7, 11) is -3.92. The number of ether oxygens (including phenoxy) is 1. The van der Waals surface area contributed by atoms with E-state index >= 15 is 0 Å². The first kappa shape index (κ1) is 12.7. The summed E-state index contributed by atoms with van der Waals surface area (Å²) in [6.07, 6.45) is 2.60. The molecule has 0 N–H and O–H groups in total. The highest BCUT2D eigenvalue weighted by Crippen LogP contribution is 2.46. The Hall–Kier alpha value is -3.01. The van der Waals surface area contributed by atoms with E-state index in [1.165, 1.54) is 41.6 Å². The zero-order chi connectivity index (χ0) is 15.5. The maximum absolute atomic E-state index is 12.1. The lowest BCUT2D eigenvalue weighted by Crippen LogP contribution is -2.30. The number of nitro benzene ring substituents is 1. The van der Waals surface area contributed by atoms with Crippen LogP contribution in [0.4, 0.5) is 17.1 Å². The first-order valence-electron chi connectivity index (χ1n) is 6.03. The molecular formula is C12H6N4O5S. The molecule has 0 bridgehead atoms. The molecule has 2 aliphatic heterocycles. The molecule has 3 heterocycles. The van der Waals surface area contributed by atoms with Crippen LogP contribution in [-0.2, 0) is 10.0 Å². The van der Waals surface area contributed by atoms with Crippen molar-refractivity contribution in [2.24, 2.45) is 4.40 Å². The Kier molecular flexibility index (Phi) is 2.32. The van der Waals surface area contributed by atoms with Crippen LogP contribution in [0.5, 0.6) is 5.75 Å². The van der Waals surface area contributed by atoms with E-state index in [0.717, 1.165) is 0 Å². The van der Waals surface area contributed by atoms with Crippen LogP contribution < -0.4 is 9.64 Å². The second-order valence-corrected chi connectivity index (χ2v) is 6.11. The molecule has 0 atom stereocenters. The fourth-order valence-electron chi connectivity index (χ4n) is 2.33. The first-order valence-corrected chi connectivity index (χ1v) is 7.47. The molecule has 9 nitrogen and oxygen atoms in total. The molecule has 10 heteroatoms. The standard InChI is InChI=1S/C12H6N4O5S/c17-16(18)7-1-2-10-9(5-7)15-8-3-4-13-6-11(8)22(19,20)14-12(15)21-10/h1-6H. The van der Waals surface area contributed by atoms with Crippen LogP contribution in [0.3, 0.4) is 0 Å². The molecule has 0 fully saturated rings. The molecule has 1 aromatic heterocycles. The van der Waals surface area contributed by atoms with Gasteiger partial charge in [0.25, 0.3) is 15.7 Å². The van der Waals surface area contributed by atoms with Crippen LogP contribution in [0.15, 0.2) is 46.0 Å². The smallest absolute Gasteiger partial charge is 0.318 e. The number of hydrogen-bond acceptors (Lipinski definition) is 7. The van der Waals surface area contributed by atoms with Gasteiger partial charge in [0, 0.05) is 24.5 Å². The number of fused-ring (bicyclic) bond motifs is 5. The van der Waals surface area contributed by atoms with Gasteiger partial charge in [0.15, 0.2) is 5.75 Å². The van der Waals surface area contributed by atoms with Crippen molar-refractivity contribution < 1.29 is 18.1 Å². The molecule has 0 saturated heterocycles. The van der Waals surface area contributed by atoms with Gasteiger partial charge in [-0.1, -0.05) is 0 Å². The van der Waals surface area contributed by atoms with Crippen molar-refractivity contribution >= 4 is 33.1 Å². The quantitative estimate of drug-likeness (QED) is 0.579. The molecular weight excluding hydrogens is 312 g/mol. The number of sulfonamides is 1. The van der Waals surface area contributed by atoms with Gasteiger partial charge in [0.05, 0.1) is 10.6 Å². The zero-order valence-corrected chi connectivity index (χ0v) is 11.5. The SMILES string of the molecule is O=[N+]([O-])c1ccc2c(c1)N1C(=NS(=O)(=O)c3cnccc31)O2. The average molecular weight is 318 g/mol. The van der Waals surface area contributed by atoms with Crippen molar-refractivity contribution in [3.63, 3.8) is 0 Å². The summed E-state index contributed by atoms with van der Waals surface area (Å²) in [5, 5.41) is 10.9. The highest BCUT2D eigenvalue weighted by Gasteiger charge is 2.39. The third-order valence-corrected chi connectivity index (χ3v) is 4.53. The maximum Gasteiger partial charge on any atom is 0.318 e. The number of nitro groups is 1. The molecule has 4 rings (SSSR count). The van der Waals surface area contributed by atoms with E-state index in [2.05, 4.69) is 9.38 Å². The Balaban J connectivity index is 2.00. The Bertz CT molecular complexity index is 969. The van der Waals surface area contributed by atoms with Crippen LogP contribution in [0.25, 0.3) is 0 Å². The highest BCUT2D eigenvalue weighted by atomic mass is 32.2. The van der Waals surface area contributed by atoms with Gasteiger partial charge in [-0.15, -0.1) is 4.40 Å². The van der Waals surface area contributed by atoms with Crippen molar-refractivity contribution in [2.45, 2.75) is 4.90 Å². The molecule has 0 unspecified atom stereocenters. The third kappa shape index (κ3) is 1.61. The van der Waals surface area contributed by atoms with Gasteiger partial charge in [-0.2, -0.15) is 8.42 Å². The molecule has 0 amide bonds. The summed E-state index contributed by atoms with van der Waals surface area (Å²) in [6.45, 7) is 0. The number of nitrogens with zero attached hydrogens (tertiary/aromatic N) is 4. The molecule has 110 valence electrons. The van der Waals surface area contributed by atoms with Crippen LogP contribution in [0, 0.1) is 10.1 Å². The molecule has 22 heavy (non-hydrogen) atoms.